The zero-order valence-corrected chi connectivity index (χ0v) is 17.0. The number of rotatable bonds is 11. The molecule has 1 amide bonds. The van der Waals surface area contributed by atoms with E-state index in [1.165, 1.54) is 7.11 Å². The van der Waals surface area contributed by atoms with Gasteiger partial charge in [-0.1, -0.05) is 31.6 Å². The van der Waals surface area contributed by atoms with E-state index in [1.54, 1.807) is 39.0 Å². The molecule has 0 spiro atoms. The number of esters is 1. The average Bonchev–Trinajstić information content (AvgIpc) is 2.52. The quantitative estimate of drug-likeness (QED) is 0.416. The maximum Gasteiger partial charge on any atom is 0.408 e. The van der Waals surface area contributed by atoms with E-state index in [9.17, 15) is 9.59 Å². The van der Waals surface area contributed by atoms with E-state index in [1.807, 2.05) is 6.92 Å². The van der Waals surface area contributed by atoms with Gasteiger partial charge in [-0.15, -0.1) is 19.7 Å². The molecule has 26 heavy (non-hydrogen) atoms. The Hall–Kier alpha value is -2.04. The van der Waals surface area contributed by atoms with Crippen LogP contribution in [0.4, 0.5) is 4.79 Å². The third-order valence-electron chi connectivity index (χ3n) is 4.39. The van der Waals surface area contributed by atoms with Gasteiger partial charge in [0.15, 0.2) is 0 Å². The highest BCUT2D eigenvalue weighted by atomic mass is 16.6. The highest BCUT2D eigenvalue weighted by Crippen LogP contribution is 2.46. The molecule has 0 aromatic carbocycles. The number of hydrogen-bond donors (Lipinski definition) is 1. The molecule has 148 valence electrons. The van der Waals surface area contributed by atoms with Gasteiger partial charge in [-0.25, -0.2) is 4.79 Å². The smallest absolute Gasteiger partial charge is 0.408 e. The fourth-order valence-corrected chi connectivity index (χ4v) is 3.47. The normalized spacial score (nSPS) is 13.9. The van der Waals surface area contributed by atoms with Crippen LogP contribution in [0.15, 0.2) is 38.0 Å². The Kier molecular flexibility index (Phi) is 9.39. The Morgan fingerprint density at radius 1 is 1.00 bits per heavy atom. The lowest BCUT2D eigenvalue weighted by Gasteiger charge is -2.48. The van der Waals surface area contributed by atoms with Crippen molar-refractivity contribution in [2.75, 3.05) is 7.11 Å². The molecule has 0 saturated carbocycles. The Morgan fingerprint density at radius 3 is 1.85 bits per heavy atom. The molecule has 0 rings (SSSR count). The molecule has 0 aromatic heterocycles. The molecule has 0 aliphatic heterocycles. The first-order chi connectivity index (χ1) is 12.1. The van der Waals surface area contributed by atoms with Crippen molar-refractivity contribution >= 4 is 12.1 Å². The molecule has 1 atom stereocenters. The van der Waals surface area contributed by atoms with Crippen LogP contribution < -0.4 is 5.32 Å². The number of nitrogens with one attached hydrogen (secondary N) is 1. The van der Waals surface area contributed by atoms with E-state index in [4.69, 9.17) is 9.47 Å². The lowest BCUT2D eigenvalue weighted by molar-refractivity contribution is -0.159. The zero-order chi connectivity index (χ0) is 20.4. The maximum absolute atomic E-state index is 12.9. The number of alkyl carbamates (subject to hydrolysis) is 1. The number of ether oxygens (including phenoxy) is 2. The largest absolute Gasteiger partial charge is 0.469 e. The van der Waals surface area contributed by atoms with Gasteiger partial charge >= 0.3 is 12.1 Å². The maximum atomic E-state index is 12.9. The van der Waals surface area contributed by atoms with Crippen molar-refractivity contribution in [3.8, 4) is 0 Å². The molecular weight excluding hydrogens is 330 g/mol. The van der Waals surface area contributed by atoms with Crippen molar-refractivity contribution in [1.82, 2.24) is 5.32 Å². The number of methoxy groups -OCH3 is 1. The zero-order valence-electron chi connectivity index (χ0n) is 17.0. The van der Waals surface area contributed by atoms with Gasteiger partial charge < -0.3 is 14.8 Å². The lowest BCUT2D eigenvalue weighted by Crippen LogP contribution is -2.63. The van der Waals surface area contributed by atoms with Gasteiger partial charge in [-0.2, -0.15) is 0 Å². The first kappa shape index (κ1) is 24.0. The molecule has 5 nitrogen and oxygen atoms in total. The van der Waals surface area contributed by atoms with Crippen LogP contribution in [0.25, 0.3) is 0 Å². The number of allylic oxidation sites excluding steroid dienone is 1. The fraction of sp³-hybridized carbons (Fsp3) is 0.619. The van der Waals surface area contributed by atoms with Crippen molar-refractivity contribution < 1.29 is 19.1 Å². The van der Waals surface area contributed by atoms with Crippen LogP contribution in [0.3, 0.4) is 0 Å². The van der Waals surface area contributed by atoms with Crippen LogP contribution in [0.2, 0.25) is 0 Å². The van der Waals surface area contributed by atoms with Gasteiger partial charge in [0.2, 0.25) is 0 Å². The summed E-state index contributed by atoms with van der Waals surface area (Å²) in [6.07, 6.45) is 6.80. The topological polar surface area (TPSA) is 64.6 Å². The minimum atomic E-state index is -1.00. The molecule has 1 N–H and O–H groups in total. The van der Waals surface area contributed by atoms with Crippen molar-refractivity contribution in [2.24, 2.45) is 5.41 Å². The van der Waals surface area contributed by atoms with E-state index in [0.717, 1.165) is 6.42 Å². The summed E-state index contributed by atoms with van der Waals surface area (Å²) in [6, 6.07) is 0. The minimum absolute atomic E-state index is 0.352. The molecule has 0 aliphatic carbocycles. The van der Waals surface area contributed by atoms with Gasteiger partial charge in [0.1, 0.15) is 5.60 Å². The molecule has 0 heterocycles. The highest BCUT2D eigenvalue weighted by Gasteiger charge is 2.56. The second-order valence-electron chi connectivity index (χ2n) is 7.51. The van der Waals surface area contributed by atoms with Crippen molar-refractivity contribution in [2.45, 2.75) is 70.9 Å². The monoisotopic (exact) mass is 365 g/mol. The van der Waals surface area contributed by atoms with Gasteiger partial charge in [0.25, 0.3) is 0 Å². The van der Waals surface area contributed by atoms with E-state index in [2.05, 4.69) is 25.1 Å². The molecule has 0 fully saturated rings. The third kappa shape index (κ3) is 5.75. The molecule has 1 unspecified atom stereocenters. The van der Waals surface area contributed by atoms with Gasteiger partial charge in [0, 0.05) is 0 Å². The molecular formula is C21H35NO4. The molecule has 0 radical (unpaired) electrons. The summed E-state index contributed by atoms with van der Waals surface area (Å²) in [5, 5.41) is 2.96. The second-order valence-corrected chi connectivity index (χ2v) is 7.51. The summed E-state index contributed by atoms with van der Waals surface area (Å²) in [5.74, 6) is -0.390. The predicted octanol–water partition coefficient (Wildman–Crippen LogP) is 4.94. The average molecular weight is 366 g/mol. The Balaban J connectivity index is 6.37. The van der Waals surface area contributed by atoms with E-state index in [0.29, 0.717) is 25.7 Å². The molecule has 5 heteroatoms. The van der Waals surface area contributed by atoms with Gasteiger partial charge in [-0.3, -0.25) is 4.79 Å². The summed E-state index contributed by atoms with van der Waals surface area (Å²) < 4.78 is 10.6. The highest BCUT2D eigenvalue weighted by molar-refractivity contribution is 5.81. The van der Waals surface area contributed by atoms with Crippen molar-refractivity contribution in [1.29, 1.82) is 0 Å². The Bertz CT molecular complexity index is 509. The van der Waals surface area contributed by atoms with Crippen LogP contribution in [0.5, 0.6) is 0 Å². The first-order valence-electron chi connectivity index (χ1n) is 9.00. The van der Waals surface area contributed by atoms with Crippen LogP contribution >= 0.6 is 0 Å². The first-order valence-corrected chi connectivity index (χ1v) is 9.00. The van der Waals surface area contributed by atoms with Crippen molar-refractivity contribution in [3.63, 3.8) is 0 Å². The third-order valence-corrected chi connectivity index (χ3v) is 4.39. The van der Waals surface area contributed by atoms with Gasteiger partial charge in [0.05, 0.1) is 18.1 Å². The summed E-state index contributed by atoms with van der Waals surface area (Å²) in [6.45, 7) is 18.8. The van der Waals surface area contributed by atoms with Gasteiger partial charge in [-0.05, 0) is 46.5 Å². The van der Waals surface area contributed by atoms with E-state index < -0.39 is 22.6 Å². The summed E-state index contributed by atoms with van der Waals surface area (Å²) in [4.78, 5) is 25.6. The van der Waals surface area contributed by atoms with Crippen LogP contribution in [-0.2, 0) is 14.3 Å². The van der Waals surface area contributed by atoms with Crippen LogP contribution in [0, 0.1) is 5.41 Å². The van der Waals surface area contributed by atoms with Crippen LogP contribution in [-0.4, -0.2) is 30.3 Å². The summed E-state index contributed by atoms with van der Waals surface area (Å²) >= 11 is 0. The lowest BCUT2D eigenvalue weighted by atomic mass is 9.61. The van der Waals surface area contributed by atoms with E-state index >= 15 is 0 Å². The predicted molar refractivity (Wildman–Crippen MR) is 106 cm³/mol. The Labute approximate surface area is 158 Å². The fourth-order valence-electron chi connectivity index (χ4n) is 3.47. The van der Waals surface area contributed by atoms with E-state index in [-0.39, 0.29) is 5.97 Å². The summed E-state index contributed by atoms with van der Waals surface area (Å²) in [5.41, 5.74) is -2.64. The molecule has 0 bridgehead atoms. The number of hydrogen-bond acceptors (Lipinski definition) is 4. The van der Waals surface area contributed by atoms with Crippen molar-refractivity contribution in [3.05, 3.63) is 38.0 Å². The number of carbonyl (C=O) groups excluding carboxylic acids is 2. The SMILES string of the molecule is C=CCC(CC=C)(NC(=O)OC(C)(C)C)C(CC=C)(CCC)C(=O)OC. The molecule has 0 aliphatic rings. The summed E-state index contributed by atoms with van der Waals surface area (Å²) in [7, 11) is 1.36. The standard InChI is InChI=1S/C21H35NO4/c1-9-13-20(14-10-2,17(23)25-8)21(15-11-3,16-12-4)22-18(24)26-19(5,6)7/h9,11-12H,1,3-4,10,13-16H2,2,5-8H3,(H,22,24). The molecule has 0 saturated heterocycles. The number of amides is 1. The Morgan fingerprint density at radius 2 is 1.50 bits per heavy atom. The molecule has 0 aromatic rings. The number of carbonyl (C=O) groups is 2. The van der Waals surface area contributed by atoms with Crippen LogP contribution in [0.1, 0.15) is 59.8 Å². The minimum Gasteiger partial charge on any atom is -0.469 e. The second kappa shape index (κ2) is 10.2.